The molecule has 6 heteroatoms. The predicted molar refractivity (Wildman–Crippen MR) is 142 cm³/mol. The van der Waals surface area contributed by atoms with Crippen molar-refractivity contribution < 1.29 is 14.6 Å². The molecule has 0 bridgehead atoms. The molecule has 0 unspecified atom stereocenters. The molecule has 6 nitrogen and oxygen atoms in total. The molecule has 36 heavy (non-hydrogen) atoms. The molecule has 1 aromatic carbocycles. The van der Waals surface area contributed by atoms with Crippen molar-refractivity contribution in [1.82, 2.24) is 4.98 Å². The number of anilines is 1. The average molecular weight is 490 g/mol. The fraction of sp³-hybridized carbons (Fsp3) is 0.567. The van der Waals surface area contributed by atoms with Gasteiger partial charge in [0.25, 0.3) is 0 Å². The lowest BCUT2D eigenvalue weighted by Crippen LogP contribution is -2.39. The van der Waals surface area contributed by atoms with Crippen molar-refractivity contribution in [2.75, 3.05) is 18.0 Å². The van der Waals surface area contributed by atoms with E-state index in [9.17, 15) is 15.2 Å². The topological polar surface area (TPSA) is 86.5 Å². The third-order valence-electron chi connectivity index (χ3n) is 7.66. The number of aliphatic carboxylic acids is 1. The Hall–Kier alpha value is -2.91. The third-order valence-corrected chi connectivity index (χ3v) is 7.66. The molecule has 2 aromatic rings. The van der Waals surface area contributed by atoms with Gasteiger partial charge in [0.2, 0.25) is 0 Å². The molecule has 0 spiro atoms. The minimum Gasteiger partial charge on any atom is -0.479 e. The number of aromatic nitrogens is 1. The van der Waals surface area contributed by atoms with Crippen LogP contribution in [0.15, 0.2) is 24.3 Å². The number of ether oxygens (including phenoxy) is 1. The number of hydrogen-bond acceptors (Lipinski definition) is 5. The SMILES string of the molecule is Cc1nc(C)c([C@H](OC(C)(C)C)C(=O)O)c(N2CCC(C)(C)CC2)c1-c1ccc(C2(C#N)CC2)cc1. The maximum Gasteiger partial charge on any atom is 0.337 e. The van der Waals surface area contributed by atoms with E-state index in [0.717, 1.165) is 66.8 Å². The smallest absolute Gasteiger partial charge is 0.337 e. The fourth-order valence-corrected chi connectivity index (χ4v) is 5.30. The maximum absolute atomic E-state index is 12.6. The minimum atomic E-state index is -1.13. The number of aryl methyl sites for hydroxylation is 2. The van der Waals surface area contributed by atoms with Crippen LogP contribution in [0, 0.1) is 30.6 Å². The zero-order valence-corrected chi connectivity index (χ0v) is 22.7. The Labute approximate surface area is 215 Å². The first-order valence-corrected chi connectivity index (χ1v) is 13.0. The summed E-state index contributed by atoms with van der Waals surface area (Å²) in [4.78, 5) is 19.8. The van der Waals surface area contributed by atoms with Crippen LogP contribution in [0.2, 0.25) is 0 Å². The summed E-state index contributed by atoms with van der Waals surface area (Å²) in [6, 6.07) is 10.7. The fourth-order valence-electron chi connectivity index (χ4n) is 5.30. The average Bonchev–Trinajstić information content (AvgIpc) is 3.58. The monoisotopic (exact) mass is 489 g/mol. The molecule has 192 valence electrons. The Kier molecular flexibility index (Phi) is 6.68. The highest BCUT2D eigenvalue weighted by Crippen LogP contribution is 2.49. The summed E-state index contributed by atoms with van der Waals surface area (Å²) in [7, 11) is 0. The van der Waals surface area contributed by atoms with E-state index < -0.39 is 17.7 Å². The lowest BCUT2D eigenvalue weighted by Gasteiger charge is -2.41. The van der Waals surface area contributed by atoms with Crippen LogP contribution < -0.4 is 4.90 Å². The number of carboxylic acids is 1. The van der Waals surface area contributed by atoms with Crippen molar-refractivity contribution in [1.29, 1.82) is 5.26 Å². The van der Waals surface area contributed by atoms with E-state index in [-0.39, 0.29) is 10.8 Å². The van der Waals surface area contributed by atoms with Gasteiger partial charge in [-0.1, -0.05) is 38.1 Å². The summed E-state index contributed by atoms with van der Waals surface area (Å²) in [6.45, 7) is 15.8. The zero-order valence-electron chi connectivity index (χ0n) is 22.7. The normalized spacial score (nSPS) is 19.4. The third kappa shape index (κ3) is 5.13. The van der Waals surface area contributed by atoms with Gasteiger partial charge in [0.05, 0.1) is 22.8 Å². The van der Waals surface area contributed by atoms with Crippen LogP contribution in [0.25, 0.3) is 11.1 Å². The van der Waals surface area contributed by atoms with E-state index in [1.54, 1.807) is 0 Å². The minimum absolute atomic E-state index is 0.250. The lowest BCUT2D eigenvalue weighted by molar-refractivity contribution is -0.160. The molecule has 1 atom stereocenters. The number of nitrogens with zero attached hydrogens (tertiary/aromatic N) is 3. The maximum atomic E-state index is 12.6. The van der Waals surface area contributed by atoms with Gasteiger partial charge in [-0.25, -0.2) is 4.79 Å². The summed E-state index contributed by atoms with van der Waals surface area (Å²) in [5.74, 6) is -1.01. The Balaban J connectivity index is 1.91. The van der Waals surface area contributed by atoms with Gasteiger partial charge in [-0.3, -0.25) is 4.98 Å². The summed E-state index contributed by atoms with van der Waals surface area (Å²) < 4.78 is 6.15. The molecule has 1 aliphatic carbocycles. The number of benzene rings is 1. The Morgan fingerprint density at radius 1 is 1.08 bits per heavy atom. The van der Waals surface area contributed by atoms with Crippen LogP contribution in [-0.2, 0) is 14.9 Å². The molecular formula is C30H39N3O3. The van der Waals surface area contributed by atoms with Crippen molar-refractivity contribution >= 4 is 11.7 Å². The van der Waals surface area contributed by atoms with Gasteiger partial charge >= 0.3 is 5.97 Å². The number of carboxylic acid groups (broad SMARTS) is 1. The van der Waals surface area contributed by atoms with Gasteiger partial charge in [0.1, 0.15) is 0 Å². The molecular weight excluding hydrogens is 450 g/mol. The molecule has 4 rings (SSSR count). The van der Waals surface area contributed by atoms with Crippen LogP contribution in [0.1, 0.15) is 88.9 Å². The summed E-state index contributed by atoms with van der Waals surface area (Å²) >= 11 is 0. The molecule has 2 fully saturated rings. The first-order chi connectivity index (χ1) is 16.8. The second-order valence-electron chi connectivity index (χ2n) is 12.3. The first-order valence-electron chi connectivity index (χ1n) is 13.0. The Morgan fingerprint density at radius 3 is 2.14 bits per heavy atom. The molecule has 2 heterocycles. The predicted octanol–water partition coefficient (Wildman–Crippen LogP) is 6.49. The van der Waals surface area contributed by atoms with Crippen molar-refractivity contribution in [3.05, 3.63) is 46.8 Å². The molecule has 1 saturated heterocycles. The van der Waals surface area contributed by atoms with Gasteiger partial charge < -0.3 is 14.7 Å². The number of pyridine rings is 1. The molecule has 1 saturated carbocycles. The highest BCUT2D eigenvalue weighted by Gasteiger charge is 2.45. The Bertz CT molecular complexity index is 1190. The molecule has 1 aliphatic heterocycles. The van der Waals surface area contributed by atoms with E-state index >= 15 is 0 Å². The van der Waals surface area contributed by atoms with Crippen molar-refractivity contribution in [3.63, 3.8) is 0 Å². The van der Waals surface area contributed by atoms with E-state index in [0.29, 0.717) is 11.3 Å². The van der Waals surface area contributed by atoms with E-state index in [4.69, 9.17) is 9.72 Å². The van der Waals surface area contributed by atoms with Gasteiger partial charge in [-0.2, -0.15) is 5.26 Å². The quantitative estimate of drug-likeness (QED) is 0.499. The van der Waals surface area contributed by atoms with Gasteiger partial charge in [0, 0.05) is 35.6 Å². The summed E-state index contributed by atoms with van der Waals surface area (Å²) in [5, 5.41) is 19.9. The second kappa shape index (κ2) is 9.19. The molecule has 0 radical (unpaired) electrons. The van der Waals surface area contributed by atoms with Crippen molar-refractivity contribution in [2.24, 2.45) is 5.41 Å². The zero-order chi connectivity index (χ0) is 26.5. The lowest BCUT2D eigenvalue weighted by atomic mass is 9.81. The highest BCUT2D eigenvalue weighted by atomic mass is 16.5. The Morgan fingerprint density at radius 2 is 1.67 bits per heavy atom. The van der Waals surface area contributed by atoms with Crippen LogP contribution in [0.5, 0.6) is 0 Å². The number of piperidine rings is 1. The van der Waals surface area contributed by atoms with Gasteiger partial charge in [-0.15, -0.1) is 0 Å². The number of rotatable bonds is 6. The van der Waals surface area contributed by atoms with E-state index in [2.05, 4.69) is 36.9 Å². The van der Waals surface area contributed by atoms with Crippen molar-refractivity contribution in [3.8, 4) is 17.2 Å². The molecule has 0 amide bonds. The van der Waals surface area contributed by atoms with Crippen LogP contribution in [0.4, 0.5) is 5.69 Å². The largest absolute Gasteiger partial charge is 0.479 e. The summed E-state index contributed by atoms with van der Waals surface area (Å²) in [5.41, 5.74) is 5.35. The van der Waals surface area contributed by atoms with Crippen molar-refractivity contribution in [2.45, 2.75) is 91.3 Å². The second-order valence-corrected chi connectivity index (χ2v) is 12.3. The van der Waals surface area contributed by atoms with E-state index in [1.165, 1.54) is 0 Å². The molecule has 1 aromatic heterocycles. The van der Waals surface area contributed by atoms with Crippen LogP contribution in [-0.4, -0.2) is 34.8 Å². The van der Waals surface area contributed by atoms with E-state index in [1.807, 2.05) is 46.8 Å². The van der Waals surface area contributed by atoms with Crippen LogP contribution >= 0.6 is 0 Å². The molecule has 1 N–H and O–H groups in total. The van der Waals surface area contributed by atoms with Gasteiger partial charge in [0.15, 0.2) is 6.10 Å². The standard InChI is InChI=1S/C30H39N3O3/c1-19-23(21-8-10-22(11-9-21)30(18-31)12-13-30)25(33-16-14-29(6,7)15-17-33)24(20(2)32-19)26(27(34)35)36-28(3,4)5/h8-11,26H,12-17H2,1-7H3,(H,34,35)/t26-/m0/s1. The van der Waals surface area contributed by atoms with Gasteiger partial charge in [-0.05, 0) is 76.8 Å². The van der Waals surface area contributed by atoms with Crippen LogP contribution in [0.3, 0.4) is 0 Å². The number of nitriles is 1. The molecule has 2 aliphatic rings. The summed E-state index contributed by atoms with van der Waals surface area (Å²) in [6.07, 6.45) is 2.71. The number of hydrogen-bond donors (Lipinski definition) is 1. The first kappa shape index (κ1) is 26.2. The number of carbonyl (C=O) groups is 1. The highest BCUT2D eigenvalue weighted by molar-refractivity contribution is 5.88.